The maximum atomic E-state index is 14.3. The lowest BCUT2D eigenvalue weighted by molar-refractivity contribution is -0.141. The smallest absolute Gasteiger partial charge is 0.282 e. The summed E-state index contributed by atoms with van der Waals surface area (Å²) in [6.45, 7) is 14.5. The Balaban J connectivity index is 4.74. The maximum Gasteiger partial charge on any atom is 0.282 e. The molecule has 0 saturated carbocycles. The molecule has 2 unspecified atom stereocenters. The van der Waals surface area contributed by atoms with Crippen LogP contribution >= 0.6 is 0 Å². The van der Waals surface area contributed by atoms with Crippen LogP contribution in [0.15, 0.2) is 12.4 Å². The van der Waals surface area contributed by atoms with E-state index in [2.05, 4.69) is 6.58 Å². The van der Waals surface area contributed by atoms with Crippen LogP contribution in [0.4, 0.5) is 8.78 Å². The molecule has 0 radical (unpaired) electrons. The van der Waals surface area contributed by atoms with E-state index in [9.17, 15) is 18.4 Å². The highest BCUT2D eigenvalue weighted by Crippen LogP contribution is 2.19. The maximum absolute atomic E-state index is 14.3. The van der Waals surface area contributed by atoms with Gasteiger partial charge >= 0.3 is 0 Å². The molecule has 0 fully saturated rings. The zero-order valence-corrected chi connectivity index (χ0v) is 15.2. The Morgan fingerprint density at radius 3 is 2.00 bits per heavy atom. The lowest BCUT2D eigenvalue weighted by Gasteiger charge is -2.36. The molecule has 0 aromatic rings. The van der Waals surface area contributed by atoms with Gasteiger partial charge in [0.25, 0.3) is 11.8 Å². The Bertz CT molecular complexity index is 433. The minimum absolute atomic E-state index is 0.00484. The first-order chi connectivity index (χ1) is 10.5. The van der Waals surface area contributed by atoms with Gasteiger partial charge in [0.15, 0.2) is 12.0 Å². The van der Waals surface area contributed by atoms with E-state index in [0.29, 0.717) is 13.1 Å². The van der Waals surface area contributed by atoms with Crippen LogP contribution in [0, 0.1) is 0 Å². The first kappa shape index (κ1) is 21.5. The largest absolute Gasteiger partial charge is 0.336 e. The number of hydrogen-bond acceptors (Lipinski definition) is 2. The fourth-order valence-electron chi connectivity index (χ4n) is 2.61. The number of alkyl halides is 1. The zero-order chi connectivity index (χ0) is 18.4. The van der Waals surface area contributed by atoms with Gasteiger partial charge in [-0.25, -0.2) is 8.78 Å². The first-order valence-electron chi connectivity index (χ1n) is 8.08. The summed E-state index contributed by atoms with van der Waals surface area (Å²) in [7, 11) is 0. The molecule has 0 spiro atoms. The number of amides is 2. The van der Waals surface area contributed by atoms with Gasteiger partial charge in [-0.05, 0) is 54.4 Å². The van der Waals surface area contributed by atoms with E-state index in [1.165, 1.54) is 9.80 Å². The molecule has 0 N–H and O–H groups in total. The Morgan fingerprint density at radius 2 is 1.65 bits per heavy atom. The van der Waals surface area contributed by atoms with E-state index in [1.807, 2.05) is 27.7 Å². The quantitative estimate of drug-likeness (QED) is 0.639. The van der Waals surface area contributed by atoms with Crippen molar-refractivity contribution in [2.45, 2.75) is 72.1 Å². The number of nitrogens with zero attached hydrogens (tertiary/aromatic N) is 2. The minimum Gasteiger partial charge on any atom is -0.336 e. The van der Waals surface area contributed by atoms with Gasteiger partial charge in [-0.3, -0.25) is 9.59 Å². The highest BCUT2D eigenvalue weighted by Gasteiger charge is 2.31. The van der Waals surface area contributed by atoms with Gasteiger partial charge in [0.1, 0.15) is 0 Å². The molecule has 0 heterocycles. The number of halogens is 2. The van der Waals surface area contributed by atoms with Crippen LogP contribution in [0.5, 0.6) is 0 Å². The van der Waals surface area contributed by atoms with Crippen molar-refractivity contribution < 1.29 is 18.4 Å². The molecular weight excluding hydrogens is 302 g/mol. The van der Waals surface area contributed by atoms with Crippen LogP contribution in [0.25, 0.3) is 0 Å². The third kappa shape index (κ3) is 6.28. The monoisotopic (exact) mass is 332 g/mol. The van der Waals surface area contributed by atoms with E-state index < -0.39 is 29.4 Å². The van der Waals surface area contributed by atoms with E-state index in [-0.39, 0.29) is 18.9 Å². The van der Waals surface area contributed by atoms with Crippen LogP contribution in [0.3, 0.4) is 0 Å². The summed E-state index contributed by atoms with van der Waals surface area (Å²) >= 11 is 0. The van der Waals surface area contributed by atoms with Crippen molar-refractivity contribution in [3.05, 3.63) is 12.4 Å². The predicted octanol–water partition coefficient (Wildman–Crippen LogP) is 3.47. The summed E-state index contributed by atoms with van der Waals surface area (Å²) in [5, 5.41) is 0. The Hall–Kier alpha value is -1.46. The van der Waals surface area contributed by atoms with Gasteiger partial charge < -0.3 is 9.80 Å². The molecule has 2 atom stereocenters. The van der Waals surface area contributed by atoms with E-state index in [1.54, 1.807) is 13.8 Å². The van der Waals surface area contributed by atoms with Crippen LogP contribution in [0.2, 0.25) is 0 Å². The molecule has 6 heteroatoms. The SMILES string of the molecule is C=C(F)C(=O)N(CC)C(C)CCC(F)C(=O)N(CC)C(C)(C)C. The van der Waals surface area contributed by atoms with Crippen molar-refractivity contribution in [3.63, 3.8) is 0 Å². The molecule has 0 aliphatic rings. The van der Waals surface area contributed by atoms with Gasteiger partial charge in [0.2, 0.25) is 0 Å². The topological polar surface area (TPSA) is 40.6 Å². The molecule has 0 rings (SSSR count). The molecule has 2 amide bonds. The van der Waals surface area contributed by atoms with Crippen LogP contribution in [0.1, 0.15) is 54.4 Å². The molecule has 0 aromatic carbocycles. The average molecular weight is 332 g/mol. The molecule has 0 aliphatic heterocycles. The standard InChI is InChI=1S/C17H30F2N2O2/c1-8-20(15(22)13(4)18)12(3)10-11-14(19)16(23)21(9-2)17(5,6)7/h12,14H,4,8-11H2,1-3,5-7H3. The number of hydrogen-bond donors (Lipinski definition) is 0. The van der Waals surface area contributed by atoms with Crippen LogP contribution in [-0.4, -0.2) is 52.5 Å². The van der Waals surface area contributed by atoms with E-state index >= 15 is 0 Å². The lowest BCUT2D eigenvalue weighted by atomic mass is 10.0. The van der Waals surface area contributed by atoms with Crippen molar-refractivity contribution in [3.8, 4) is 0 Å². The van der Waals surface area contributed by atoms with Gasteiger partial charge in [-0.15, -0.1) is 0 Å². The summed E-state index contributed by atoms with van der Waals surface area (Å²) in [5.41, 5.74) is -0.445. The zero-order valence-electron chi connectivity index (χ0n) is 15.2. The number of rotatable bonds is 8. The summed E-state index contributed by atoms with van der Waals surface area (Å²) in [6.07, 6.45) is -1.35. The lowest BCUT2D eigenvalue weighted by Crippen LogP contribution is -2.49. The molecular formula is C17H30F2N2O2. The number of carbonyl (C=O) groups excluding carboxylic acids is 2. The van der Waals surface area contributed by atoms with Crippen molar-refractivity contribution in [1.82, 2.24) is 9.80 Å². The van der Waals surface area contributed by atoms with Gasteiger partial charge in [0.05, 0.1) is 0 Å². The number of likely N-dealkylation sites (N-methyl/N-ethyl adjacent to an activating group) is 1. The molecule has 4 nitrogen and oxygen atoms in total. The highest BCUT2D eigenvalue weighted by molar-refractivity contribution is 5.90. The predicted molar refractivity (Wildman–Crippen MR) is 88.4 cm³/mol. The summed E-state index contributed by atoms with van der Waals surface area (Å²) in [6, 6.07) is -0.365. The third-order valence-corrected chi connectivity index (χ3v) is 3.86. The van der Waals surface area contributed by atoms with E-state index in [0.717, 1.165) is 0 Å². The second kappa shape index (κ2) is 8.99. The van der Waals surface area contributed by atoms with E-state index in [4.69, 9.17) is 0 Å². The number of carbonyl (C=O) groups is 2. The molecule has 0 aromatic heterocycles. The van der Waals surface area contributed by atoms with Gasteiger partial charge in [-0.1, -0.05) is 6.58 Å². The van der Waals surface area contributed by atoms with Crippen molar-refractivity contribution in [1.29, 1.82) is 0 Å². The fourth-order valence-corrected chi connectivity index (χ4v) is 2.61. The van der Waals surface area contributed by atoms with Crippen molar-refractivity contribution in [2.24, 2.45) is 0 Å². The Kier molecular flexibility index (Phi) is 8.42. The molecule has 23 heavy (non-hydrogen) atoms. The fraction of sp³-hybridized carbons (Fsp3) is 0.765. The Labute approximate surface area is 138 Å². The molecule has 0 bridgehead atoms. The average Bonchev–Trinajstić information content (AvgIpc) is 2.44. The summed E-state index contributed by atoms with van der Waals surface area (Å²) in [4.78, 5) is 26.7. The van der Waals surface area contributed by atoms with Crippen molar-refractivity contribution in [2.75, 3.05) is 13.1 Å². The second-order valence-corrected chi connectivity index (χ2v) is 6.64. The normalized spacial score (nSPS) is 14.1. The van der Waals surface area contributed by atoms with Gasteiger partial charge in [-0.2, -0.15) is 0 Å². The second-order valence-electron chi connectivity index (χ2n) is 6.64. The first-order valence-corrected chi connectivity index (χ1v) is 8.08. The van der Waals surface area contributed by atoms with Crippen LogP contribution in [-0.2, 0) is 9.59 Å². The molecule has 0 saturated heterocycles. The molecule has 134 valence electrons. The van der Waals surface area contributed by atoms with Gasteiger partial charge in [0, 0.05) is 24.7 Å². The Morgan fingerprint density at radius 1 is 1.13 bits per heavy atom. The summed E-state index contributed by atoms with van der Waals surface area (Å²) < 4.78 is 27.2. The highest BCUT2D eigenvalue weighted by atomic mass is 19.1. The molecule has 0 aliphatic carbocycles. The van der Waals surface area contributed by atoms with Crippen molar-refractivity contribution >= 4 is 11.8 Å². The summed E-state index contributed by atoms with van der Waals surface area (Å²) in [5.74, 6) is -2.36. The third-order valence-electron chi connectivity index (χ3n) is 3.86. The van der Waals surface area contributed by atoms with Crippen LogP contribution < -0.4 is 0 Å². The minimum atomic E-state index is -1.63.